The van der Waals surface area contributed by atoms with E-state index in [1.54, 1.807) is 29.5 Å². The average Bonchev–Trinajstić information content (AvgIpc) is 3.37. The average molecular weight is 417 g/mol. The monoisotopic (exact) mass is 417 g/mol. The molecule has 3 aromatic heterocycles. The summed E-state index contributed by atoms with van der Waals surface area (Å²) < 4.78 is 29.8. The molecule has 3 aromatic rings. The summed E-state index contributed by atoms with van der Waals surface area (Å²) in [6.07, 6.45) is 7.24. The zero-order valence-electron chi connectivity index (χ0n) is 16.9. The van der Waals surface area contributed by atoms with Gasteiger partial charge in [-0.1, -0.05) is 0 Å². The molecule has 1 fully saturated rings. The molecular weight excluding hydrogens is 392 g/mol. The summed E-state index contributed by atoms with van der Waals surface area (Å²) in [5, 5.41) is 8.36. The van der Waals surface area contributed by atoms with Crippen LogP contribution in [0.2, 0.25) is 0 Å². The predicted octanol–water partition coefficient (Wildman–Crippen LogP) is 2.83. The molecule has 1 saturated carbocycles. The van der Waals surface area contributed by atoms with Gasteiger partial charge in [0.25, 0.3) is 12.3 Å². The first-order valence-electron chi connectivity index (χ1n) is 9.98. The minimum absolute atomic E-state index is 0.0219. The highest BCUT2D eigenvalue weighted by Gasteiger charge is 2.34. The predicted molar refractivity (Wildman–Crippen MR) is 108 cm³/mol. The maximum atomic E-state index is 13.2. The van der Waals surface area contributed by atoms with Gasteiger partial charge in [-0.2, -0.15) is 5.10 Å². The van der Waals surface area contributed by atoms with E-state index >= 15 is 0 Å². The fourth-order valence-electron chi connectivity index (χ4n) is 4.09. The van der Waals surface area contributed by atoms with Gasteiger partial charge in [0.2, 0.25) is 0 Å². The van der Waals surface area contributed by atoms with Crippen molar-refractivity contribution in [3.8, 4) is 5.82 Å². The first kappa shape index (κ1) is 20.4. The lowest BCUT2D eigenvalue weighted by molar-refractivity contribution is 0.0389. The molecule has 160 valence electrons. The third-order valence-corrected chi connectivity index (χ3v) is 5.73. The summed E-state index contributed by atoms with van der Waals surface area (Å²) >= 11 is 0. The number of carbonyl (C=O) groups excluding carboxylic acids is 1. The molecule has 0 atom stereocenters. The Balaban J connectivity index is 1.59. The quantitative estimate of drug-likeness (QED) is 0.642. The summed E-state index contributed by atoms with van der Waals surface area (Å²) in [5.41, 5.74) is 5.18. The van der Waals surface area contributed by atoms with Crippen LogP contribution >= 0.6 is 0 Å². The number of hydrogen-bond donors (Lipinski definition) is 2. The Kier molecular flexibility index (Phi) is 5.27. The van der Waals surface area contributed by atoms with Crippen LogP contribution in [0.3, 0.4) is 0 Å². The van der Waals surface area contributed by atoms with Crippen LogP contribution in [0.25, 0.3) is 16.7 Å². The molecule has 1 amide bonds. The Morgan fingerprint density at radius 2 is 2.03 bits per heavy atom. The van der Waals surface area contributed by atoms with E-state index in [0.29, 0.717) is 11.3 Å². The van der Waals surface area contributed by atoms with E-state index in [1.165, 1.54) is 13.8 Å². The van der Waals surface area contributed by atoms with Crippen LogP contribution in [-0.2, 0) is 0 Å². The summed E-state index contributed by atoms with van der Waals surface area (Å²) in [5.74, 6) is -0.0896. The number of nitrogens with zero attached hydrogens (tertiary/aromatic N) is 5. The van der Waals surface area contributed by atoms with Crippen LogP contribution in [0.1, 0.15) is 56.1 Å². The maximum absolute atomic E-state index is 13.2. The van der Waals surface area contributed by atoms with Crippen LogP contribution in [0.15, 0.2) is 31.0 Å². The highest BCUT2D eigenvalue weighted by atomic mass is 19.3. The number of pyridine rings is 1. The van der Waals surface area contributed by atoms with Crippen molar-refractivity contribution >= 4 is 16.8 Å². The highest BCUT2D eigenvalue weighted by molar-refractivity contribution is 6.03. The Hall–Kier alpha value is -2.88. The molecular formula is C20H25F2N7O. The van der Waals surface area contributed by atoms with Gasteiger partial charge >= 0.3 is 0 Å². The van der Waals surface area contributed by atoms with E-state index in [-0.39, 0.29) is 17.8 Å². The molecule has 30 heavy (non-hydrogen) atoms. The van der Waals surface area contributed by atoms with E-state index in [9.17, 15) is 13.6 Å². The van der Waals surface area contributed by atoms with Crippen LogP contribution in [0, 0.1) is 0 Å². The first-order valence-corrected chi connectivity index (χ1v) is 9.98. The minimum atomic E-state index is -2.43. The molecule has 0 radical (unpaired) electrons. The molecule has 4 rings (SSSR count). The molecule has 1 aliphatic rings. The van der Waals surface area contributed by atoms with Crippen LogP contribution in [-0.4, -0.2) is 48.2 Å². The van der Waals surface area contributed by atoms with E-state index in [1.807, 2.05) is 10.7 Å². The van der Waals surface area contributed by atoms with E-state index in [4.69, 9.17) is 5.73 Å². The first-order chi connectivity index (χ1) is 14.3. The minimum Gasteiger partial charge on any atom is -0.364 e. The number of nitrogens with one attached hydrogen (secondary N) is 1. The topological polar surface area (TPSA) is 104 Å². The summed E-state index contributed by atoms with van der Waals surface area (Å²) in [6.45, 7) is 3.04. The van der Waals surface area contributed by atoms with Crippen LogP contribution in [0.5, 0.6) is 0 Å². The number of fused-ring (bicyclic) bond motifs is 1. The van der Waals surface area contributed by atoms with Crippen molar-refractivity contribution in [2.24, 2.45) is 5.73 Å². The lowest BCUT2D eigenvalue weighted by atomic mass is 9.89. The van der Waals surface area contributed by atoms with Crippen LogP contribution in [0.4, 0.5) is 8.78 Å². The summed E-state index contributed by atoms with van der Waals surface area (Å²) in [4.78, 5) is 20.6. The number of amides is 1. The Bertz CT molecular complexity index is 1040. The highest BCUT2D eigenvalue weighted by Crippen LogP contribution is 2.33. The largest absolute Gasteiger partial charge is 0.364 e. The van der Waals surface area contributed by atoms with E-state index < -0.39 is 17.9 Å². The zero-order chi connectivity index (χ0) is 21.5. The van der Waals surface area contributed by atoms with Gasteiger partial charge < -0.3 is 11.1 Å². The fraction of sp³-hybridized carbons (Fsp3) is 0.500. The van der Waals surface area contributed by atoms with Crippen molar-refractivity contribution in [1.82, 2.24) is 29.6 Å². The number of halogens is 2. The van der Waals surface area contributed by atoms with Crippen molar-refractivity contribution in [2.75, 3.05) is 0 Å². The Morgan fingerprint density at radius 3 is 2.63 bits per heavy atom. The molecule has 0 bridgehead atoms. The van der Waals surface area contributed by atoms with Crippen molar-refractivity contribution in [3.05, 3.63) is 36.7 Å². The lowest BCUT2D eigenvalue weighted by Crippen LogP contribution is -2.51. The number of hydrogen-bond acceptors (Lipinski definition) is 5. The molecule has 8 nitrogen and oxygen atoms in total. The smallest absolute Gasteiger partial charge is 0.269 e. The van der Waals surface area contributed by atoms with Gasteiger partial charge in [-0.3, -0.25) is 14.0 Å². The van der Waals surface area contributed by atoms with Gasteiger partial charge in [-0.25, -0.2) is 18.7 Å². The third-order valence-electron chi connectivity index (χ3n) is 5.73. The van der Waals surface area contributed by atoms with Crippen LogP contribution < -0.4 is 11.1 Å². The van der Waals surface area contributed by atoms with Crippen molar-refractivity contribution in [1.29, 1.82) is 0 Å². The van der Waals surface area contributed by atoms with Crippen molar-refractivity contribution in [3.63, 3.8) is 0 Å². The fourth-order valence-corrected chi connectivity index (χ4v) is 4.09. The SMILES string of the molecule is CC(C)(NC1CCC(n2ncc3cc(-n4ccnc4)nc(C(N)=O)c32)CC1)C(F)F. The van der Waals surface area contributed by atoms with Gasteiger partial charge in [0.15, 0.2) is 5.69 Å². The maximum Gasteiger partial charge on any atom is 0.269 e. The molecule has 0 aromatic carbocycles. The Labute approximate surface area is 172 Å². The molecule has 0 saturated heterocycles. The number of nitrogens with two attached hydrogens (primary N) is 1. The molecule has 10 heteroatoms. The summed E-state index contributed by atoms with van der Waals surface area (Å²) in [6, 6.07) is 1.91. The molecule has 3 N–H and O–H groups in total. The van der Waals surface area contributed by atoms with Gasteiger partial charge in [-0.15, -0.1) is 0 Å². The number of rotatable bonds is 6. The molecule has 1 aliphatic carbocycles. The zero-order valence-corrected chi connectivity index (χ0v) is 16.9. The van der Waals surface area contributed by atoms with Gasteiger partial charge in [-0.05, 0) is 45.6 Å². The second kappa shape index (κ2) is 7.75. The molecule has 0 spiro atoms. The number of carbonyl (C=O) groups is 1. The number of imidazole rings is 1. The van der Waals surface area contributed by atoms with Gasteiger partial charge in [0.05, 0.1) is 17.8 Å². The number of primary amides is 1. The third kappa shape index (κ3) is 3.79. The summed E-state index contributed by atoms with van der Waals surface area (Å²) in [7, 11) is 0. The van der Waals surface area contributed by atoms with Crippen molar-refractivity contribution < 1.29 is 13.6 Å². The molecule has 3 heterocycles. The standard InChI is InChI=1S/C20H25F2N7O/c1-20(2,19(21)22)27-13-3-5-14(6-4-13)29-17-12(10-25-29)9-15(26-16(17)18(23)30)28-8-7-24-11-28/h7-11,13-14,19,27H,3-6H2,1-2H3,(H2,23,30). The second-order valence-electron chi connectivity index (χ2n) is 8.36. The Morgan fingerprint density at radius 1 is 1.30 bits per heavy atom. The molecule has 0 aliphatic heterocycles. The lowest BCUT2D eigenvalue weighted by Gasteiger charge is -2.35. The number of aromatic nitrogens is 5. The van der Waals surface area contributed by atoms with E-state index in [2.05, 4.69) is 20.4 Å². The van der Waals surface area contributed by atoms with Gasteiger partial charge in [0.1, 0.15) is 17.7 Å². The normalized spacial score (nSPS) is 20.2. The second-order valence-corrected chi connectivity index (χ2v) is 8.36. The number of alkyl halides is 2. The van der Waals surface area contributed by atoms with Crippen molar-refractivity contribution in [2.45, 2.75) is 63.6 Å². The molecule has 0 unspecified atom stereocenters. The van der Waals surface area contributed by atoms with E-state index in [0.717, 1.165) is 31.1 Å². The van der Waals surface area contributed by atoms with Gasteiger partial charge in [0, 0.05) is 23.8 Å².